The lowest BCUT2D eigenvalue weighted by atomic mass is 10.2. The number of unbranched alkanes of at least 4 members (excludes halogenated alkanes) is 2. The Bertz CT molecular complexity index is 692. The van der Waals surface area contributed by atoms with Gasteiger partial charge in [-0.25, -0.2) is 18.0 Å². The Hall–Kier alpha value is -2.43. The van der Waals surface area contributed by atoms with Gasteiger partial charge in [-0.05, 0) is 33.6 Å². The van der Waals surface area contributed by atoms with Gasteiger partial charge in [0.25, 0.3) is 0 Å². The predicted octanol–water partition coefficient (Wildman–Crippen LogP) is 4.30. The van der Waals surface area contributed by atoms with Gasteiger partial charge in [0.2, 0.25) is 34.8 Å². The van der Waals surface area contributed by atoms with Crippen molar-refractivity contribution in [1.82, 2.24) is 5.48 Å². The van der Waals surface area contributed by atoms with Crippen molar-refractivity contribution in [3.8, 4) is 5.75 Å². The maximum Gasteiger partial charge on any atom is 0.431 e. The highest BCUT2D eigenvalue weighted by Crippen LogP contribution is 2.29. The molecule has 1 aromatic rings. The van der Waals surface area contributed by atoms with E-state index in [2.05, 4.69) is 10.2 Å². The molecule has 0 radical (unpaired) electrons. The molecule has 0 aliphatic heterocycles. The molecule has 6 nitrogen and oxygen atoms in total. The summed E-state index contributed by atoms with van der Waals surface area (Å²) >= 11 is 0. The number of nitrogens with one attached hydrogen (secondary N) is 1. The zero-order valence-electron chi connectivity index (χ0n) is 15.5. The first-order chi connectivity index (χ1) is 12.9. The van der Waals surface area contributed by atoms with E-state index in [0.29, 0.717) is 12.8 Å². The normalized spacial score (nSPS) is 11.3. The van der Waals surface area contributed by atoms with Crippen LogP contribution < -0.4 is 10.2 Å². The van der Waals surface area contributed by atoms with Gasteiger partial charge in [0.15, 0.2) is 0 Å². The molecular weight excluding hydrogens is 393 g/mol. The summed E-state index contributed by atoms with van der Waals surface area (Å²) in [4.78, 5) is 27.7. The van der Waals surface area contributed by atoms with Gasteiger partial charge in [-0.1, -0.05) is 6.42 Å². The fourth-order valence-electron chi connectivity index (χ4n) is 1.87. The highest BCUT2D eigenvalue weighted by molar-refractivity contribution is 5.72. The summed E-state index contributed by atoms with van der Waals surface area (Å²) in [7, 11) is 0. The molecule has 0 spiro atoms. The smallest absolute Gasteiger partial charge is 0.431 e. The fourth-order valence-corrected chi connectivity index (χ4v) is 1.87. The van der Waals surface area contributed by atoms with E-state index in [1.54, 1.807) is 20.8 Å². The van der Waals surface area contributed by atoms with E-state index < -0.39 is 52.5 Å². The minimum Gasteiger partial charge on any atom is -0.442 e. The summed E-state index contributed by atoms with van der Waals surface area (Å²) in [6, 6.07) is 0. The summed E-state index contributed by atoms with van der Waals surface area (Å²) in [6.07, 6.45) is -0.0736. The molecule has 0 atom stereocenters. The predicted molar refractivity (Wildman–Crippen MR) is 85.7 cm³/mol. The Balaban J connectivity index is 2.31. The molecule has 0 saturated heterocycles. The van der Waals surface area contributed by atoms with Gasteiger partial charge >= 0.3 is 12.1 Å². The van der Waals surface area contributed by atoms with Crippen LogP contribution in [0.2, 0.25) is 0 Å². The average Bonchev–Trinajstić information content (AvgIpc) is 2.59. The molecule has 0 aromatic heterocycles. The van der Waals surface area contributed by atoms with Gasteiger partial charge in [0, 0.05) is 6.42 Å². The minimum absolute atomic E-state index is 0.103. The standard InChI is InChI=1S/C17H20F5NO5/c1-17(2,3)28-16(25)23-26-8-6-4-5-7-9(24)27-15-13(21)11(19)10(18)12(20)14(15)22/h4-8H2,1-3H3,(H,23,25). The Morgan fingerprint density at radius 1 is 0.857 bits per heavy atom. The molecule has 0 bridgehead atoms. The Morgan fingerprint density at radius 3 is 1.93 bits per heavy atom. The molecular formula is C17H20F5NO5. The van der Waals surface area contributed by atoms with Gasteiger partial charge < -0.3 is 9.47 Å². The minimum atomic E-state index is -2.34. The van der Waals surface area contributed by atoms with Crippen LogP contribution in [0.3, 0.4) is 0 Å². The third-order valence-corrected chi connectivity index (χ3v) is 3.07. The van der Waals surface area contributed by atoms with Crippen molar-refractivity contribution >= 4 is 12.1 Å². The lowest BCUT2D eigenvalue weighted by Gasteiger charge is -2.19. The molecule has 1 rings (SSSR count). The maximum absolute atomic E-state index is 13.4. The molecule has 0 unspecified atom stereocenters. The van der Waals surface area contributed by atoms with Gasteiger partial charge in [-0.2, -0.15) is 14.3 Å². The number of benzene rings is 1. The van der Waals surface area contributed by atoms with E-state index in [1.807, 2.05) is 0 Å². The molecule has 0 saturated carbocycles. The lowest BCUT2D eigenvalue weighted by molar-refractivity contribution is -0.135. The van der Waals surface area contributed by atoms with Crippen LogP contribution in [-0.4, -0.2) is 24.3 Å². The highest BCUT2D eigenvalue weighted by atomic mass is 19.2. The number of ether oxygens (including phenoxy) is 2. The molecule has 1 aromatic carbocycles. The molecule has 28 heavy (non-hydrogen) atoms. The Morgan fingerprint density at radius 2 is 1.39 bits per heavy atom. The number of rotatable bonds is 8. The molecule has 1 N–H and O–H groups in total. The van der Waals surface area contributed by atoms with Crippen LogP contribution in [-0.2, 0) is 14.4 Å². The van der Waals surface area contributed by atoms with E-state index in [-0.39, 0.29) is 19.4 Å². The molecule has 158 valence electrons. The first-order valence-electron chi connectivity index (χ1n) is 8.27. The number of hydrogen-bond donors (Lipinski definition) is 1. The van der Waals surface area contributed by atoms with Crippen molar-refractivity contribution in [2.24, 2.45) is 0 Å². The topological polar surface area (TPSA) is 73.9 Å². The SMILES string of the molecule is CC(C)(C)OC(=O)NOCCCCCC(=O)Oc1c(F)c(F)c(F)c(F)c1F. The third-order valence-electron chi connectivity index (χ3n) is 3.07. The molecule has 0 fully saturated rings. The highest BCUT2D eigenvalue weighted by Gasteiger charge is 2.28. The van der Waals surface area contributed by atoms with E-state index in [1.165, 1.54) is 0 Å². The van der Waals surface area contributed by atoms with Crippen LogP contribution in [0, 0.1) is 29.1 Å². The Kier molecular flexibility index (Phi) is 8.61. The summed E-state index contributed by atoms with van der Waals surface area (Å²) in [5.41, 5.74) is 1.38. The molecule has 11 heteroatoms. The summed E-state index contributed by atoms with van der Waals surface area (Å²) in [5.74, 6) is -14.0. The molecule has 1 amide bonds. The average molecular weight is 413 g/mol. The Labute approximate surface area is 157 Å². The monoisotopic (exact) mass is 413 g/mol. The molecule has 0 aliphatic rings. The lowest BCUT2D eigenvalue weighted by Crippen LogP contribution is -2.32. The zero-order valence-corrected chi connectivity index (χ0v) is 15.5. The second kappa shape index (κ2) is 10.2. The largest absolute Gasteiger partial charge is 0.442 e. The third kappa shape index (κ3) is 7.29. The second-order valence-electron chi connectivity index (χ2n) is 6.64. The second-order valence-corrected chi connectivity index (χ2v) is 6.64. The number of halogens is 5. The molecule has 0 heterocycles. The van der Waals surface area contributed by atoms with Crippen LogP contribution in [0.15, 0.2) is 0 Å². The summed E-state index contributed by atoms with van der Waals surface area (Å²) in [6.45, 7) is 5.14. The van der Waals surface area contributed by atoms with E-state index in [4.69, 9.17) is 9.57 Å². The fraction of sp³-hybridized carbons (Fsp3) is 0.529. The first-order valence-corrected chi connectivity index (χ1v) is 8.27. The van der Waals surface area contributed by atoms with Crippen molar-refractivity contribution < 1.29 is 45.9 Å². The maximum atomic E-state index is 13.4. The van der Waals surface area contributed by atoms with Crippen LogP contribution >= 0.6 is 0 Å². The number of carbonyl (C=O) groups is 2. The van der Waals surface area contributed by atoms with Gasteiger partial charge in [0.1, 0.15) is 5.60 Å². The van der Waals surface area contributed by atoms with E-state index in [9.17, 15) is 31.5 Å². The molecule has 0 aliphatic carbocycles. The van der Waals surface area contributed by atoms with Crippen molar-refractivity contribution in [2.45, 2.75) is 52.1 Å². The quantitative estimate of drug-likeness (QED) is 0.131. The van der Waals surface area contributed by atoms with Crippen LogP contribution in [0.1, 0.15) is 46.5 Å². The van der Waals surface area contributed by atoms with E-state index in [0.717, 1.165) is 0 Å². The van der Waals surface area contributed by atoms with E-state index >= 15 is 0 Å². The number of hydrogen-bond acceptors (Lipinski definition) is 5. The van der Waals surface area contributed by atoms with Crippen molar-refractivity contribution in [2.75, 3.05) is 6.61 Å². The number of esters is 1. The number of hydroxylamine groups is 1. The van der Waals surface area contributed by atoms with Crippen LogP contribution in [0.25, 0.3) is 0 Å². The number of amides is 1. The first kappa shape index (κ1) is 23.6. The van der Waals surface area contributed by atoms with Crippen molar-refractivity contribution in [3.05, 3.63) is 29.1 Å². The van der Waals surface area contributed by atoms with Gasteiger partial charge in [0.05, 0.1) is 6.61 Å². The van der Waals surface area contributed by atoms with Crippen LogP contribution in [0.5, 0.6) is 5.75 Å². The zero-order chi connectivity index (χ0) is 21.5. The van der Waals surface area contributed by atoms with Crippen molar-refractivity contribution in [3.63, 3.8) is 0 Å². The summed E-state index contributed by atoms with van der Waals surface area (Å²) < 4.78 is 74.9. The van der Waals surface area contributed by atoms with Gasteiger partial charge in [-0.3, -0.25) is 9.63 Å². The number of carbonyl (C=O) groups excluding carboxylic acids is 2. The summed E-state index contributed by atoms with van der Waals surface area (Å²) in [5, 5.41) is 0. The van der Waals surface area contributed by atoms with Crippen LogP contribution in [0.4, 0.5) is 26.7 Å². The van der Waals surface area contributed by atoms with Gasteiger partial charge in [-0.15, -0.1) is 0 Å². The van der Waals surface area contributed by atoms with Crippen molar-refractivity contribution in [1.29, 1.82) is 0 Å².